The standard InChI is InChI=1S/C13H15N2S/c1-10-3-2-4-12-13(10)11(9-16-12)15-7-5-14-6-8-15/h2-4,9H,5-8H2,1H3. The lowest BCUT2D eigenvalue weighted by Gasteiger charge is -2.28. The number of rotatable bonds is 1. The van der Waals surface area contributed by atoms with Crippen LogP contribution in [0.1, 0.15) is 5.56 Å². The molecule has 1 aromatic carbocycles. The molecule has 1 aliphatic rings. The fourth-order valence-corrected chi connectivity index (χ4v) is 3.37. The van der Waals surface area contributed by atoms with Gasteiger partial charge in [0, 0.05) is 41.6 Å². The van der Waals surface area contributed by atoms with Crippen LogP contribution >= 0.6 is 11.3 Å². The molecule has 2 heterocycles. The van der Waals surface area contributed by atoms with Gasteiger partial charge >= 0.3 is 0 Å². The van der Waals surface area contributed by atoms with Crippen LogP contribution in [-0.2, 0) is 0 Å². The van der Waals surface area contributed by atoms with Gasteiger partial charge in [0.05, 0.1) is 5.69 Å². The lowest BCUT2D eigenvalue weighted by Crippen LogP contribution is -2.40. The maximum absolute atomic E-state index is 4.40. The molecule has 1 radical (unpaired) electrons. The van der Waals surface area contributed by atoms with E-state index in [1.807, 2.05) is 11.3 Å². The molecule has 0 spiro atoms. The molecule has 3 heteroatoms. The van der Waals surface area contributed by atoms with E-state index >= 15 is 0 Å². The normalized spacial score (nSPS) is 16.9. The monoisotopic (exact) mass is 231 g/mol. The zero-order chi connectivity index (χ0) is 11.0. The fraction of sp³-hybridized carbons (Fsp3) is 0.385. The van der Waals surface area contributed by atoms with Gasteiger partial charge in [-0.1, -0.05) is 12.1 Å². The third-order valence-corrected chi connectivity index (χ3v) is 4.12. The highest BCUT2D eigenvalue weighted by molar-refractivity contribution is 7.17. The van der Waals surface area contributed by atoms with Crippen LogP contribution < -0.4 is 10.2 Å². The number of thiophene rings is 1. The Balaban J connectivity index is 2.09. The molecule has 3 rings (SSSR count). The molecule has 0 bridgehead atoms. The lowest BCUT2D eigenvalue weighted by atomic mass is 10.1. The van der Waals surface area contributed by atoms with Crippen LogP contribution in [0.15, 0.2) is 23.6 Å². The molecule has 0 amide bonds. The van der Waals surface area contributed by atoms with E-state index in [4.69, 9.17) is 0 Å². The number of piperazine rings is 1. The van der Waals surface area contributed by atoms with Gasteiger partial charge in [-0.05, 0) is 18.6 Å². The van der Waals surface area contributed by atoms with Crippen molar-refractivity contribution in [2.45, 2.75) is 6.92 Å². The molecule has 1 aromatic heterocycles. The summed E-state index contributed by atoms with van der Waals surface area (Å²) < 4.78 is 1.40. The summed E-state index contributed by atoms with van der Waals surface area (Å²) in [4.78, 5) is 2.47. The maximum atomic E-state index is 4.40. The Morgan fingerprint density at radius 1 is 1.25 bits per heavy atom. The molecule has 2 nitrogen and oxygen atoms in total. The highest BCUT2D eigenvalue weighted by Gasteiger charge is 2.15. The number of hydrogen-bond donors (Lipinski definition) is 0. The quantitative estimate of drug-likeness (QED) is 0.737. The van der Waals surface area contributed by atoms with E-state index in [0.29, 0.717) is 0 Å². The van der Waals surface area contributed by atoms with E-state index < -0.39 is 0 Å². The van der Waals surface area contributed by atoms with Crippen molar-refractivity contribution in [3.8, 4) is 0 Å². The van der Waals surface area contributed by atoms with Crippen molar-refractivity contribution in [3.63, 3.8) is 0 Å². The molecule has 0 N–H and O–H groups in total. The molecule has 0 aliphatic carbocycles. The van der Waals surface area contributed by atoms with Crippen molar-refractivity contribution in [3.05, 3.63) is 29.1 Å². The van der Waals surface area contributed by atoms with Crippen LogP contribution in [0.3, 0.4) is 0 Å². The van der Waals surface area contributed by atoms with Crippen molar-refractivity contribution < 1.29 is 0 Å². The first kappa shape index (κ1) is 10.1. The number of hydrogen-bond acceptors (Lipinski definition) is 2. The first-order chi connectivity index (χ1) is 7.86. The van der Waals surface area contributed by atoms with E-state index in [-0.39, 0.29) is 0 Å². The minimum absolute atomic E-state index is 0.975. The molecule has 16 heavy (non-hydrogen) atoms. The average Bonchev–Trinajstić information content (AvgIpc) is 2.75. The lowest BCUT2D eigenvalue weighted by molar-refractivity contribution is 0.580. The summed E-state index contributed by atoms with van der Waals surface area (Å²) in [6.45, 7) is 6.29. The van der Waals surface area contributed by atoms with E-state index in [2.05, 4.69) is 40.7 Å². The second-order valence-electron chi connectivity index (χ2n) is 4.23. The Kier molecular flexibility index (Phi) is 2.58. The Morgan fingerprint density at radius 2 is 2.06 bits per heavy atom. The summed E-state index contributed by atoms with van der Waals surface area (Å²) in [7, 11) is 0. The molecule has 0 saturated carbocycles. The Bertz CT molecular complexity index is 498. The second-order valence-corrected chi connectivity index (χ2v) is 5.14. The van der Waals surface area contributed by atoms with Crippen molar-refractivity contribution in [2.75, 3.05) is 31.1 Å². The Hall–Kier alpha value is -1.06. The summed E-state index contributed by atoms with van der Waals surface area (Å²) in [5.41, 5.74) is 2.80. The Morgan fingerprint density at radius 3 is 2.88 bits per heavy atom. The summed E-state index contributed by atoms with van der Waals surface area (Å²) in [6, 6.07) is 6.56. The van der Waals surface area contributed by atoms with Crippen LogP contribution in [0, 0.1) is 6.92 Å². The van der Waals surface area contributed by atoms with Crippen molar-refractivity contribution in [1.29, 1.82) is 0 Å². The molecular weight excluding hydrogens is 216 g/mol. The Labute approximate surface area is 99.9 Å². The van der Waals surface area contributed by atoms with Gasteiger partial charge < -0.3 is 4.90 Å². The fourth-order valence-electron chi connectivity index (χ4n) is 2.33. The van der Waals surface area contributed by atoms with Gasteiger partial charge in [-0.2, -0.15) is 0 Å². The van der Waals surface area contributed by atoms with E-state index in [1.165, 1.54) is 21.3 Å². The molecule has 0 atom stereocenters. The highest BCUT2D eigenvalue weighted by Crippen LogP contribution is 2.35. The molecule has 1 aliphatic heterocycles. The molecule has 1 fully saturated rings. The predicted molar refractivity (Wildman–Crippen MR) is 70.6 cm³/mol. The molecule has 0 unspecified atom stereocenters. The number of benzene rings is 1. The summed E-state index contributed by atoms with van der Waals surface area (Å²) in [5, 5.41) is 8.14. The van der Waals surface area contributed by atoms with Crippen molar-refractivity contribution in [1.82, 2.24) is 5.32 Å². The zero-order valence-corrected chi connectivity index (χ0v) is 10.3. The number of anilines is 1. The van der Waals surface area contributed by atoms with Crippen molar-refractivity contribution in [2.24, 2.45) is 0 Å². The van der Waals surface area contributed by atoms with Gasteiger partial charge in [0.25, 0.3) is 0 Å². The first-order valence-corrected chi connectivity index (χ1v) is 6.59. The van der Waals surface area contributed by atoms with E-state index in [0.717, 1.165) is 26.2 Å². The largest absolute Gasteiger partial charge is 0.368 e. The third-order valence-electron chi connectivity index (χ3n) is 3.18. The van der Waals surface area contributed by atoms with Crippen LogP contribution in [0.5, 0.6) is 0 Å². The number of fused-ring (bicyclic) bond motifs is 1. The predicted octanol–water partition coefficient (Wildman–Crippen LogP) is 2.63. The zero-order valence-electron chi connectivity index (χ0n) is 9.44. The molecule has 1 saturated heterocycles. The summed E-state index contributed by atoms with van der Waals surface area (Å²) >= 11 is 1.85. The van der Waals surface area contributed by atoms with E-state index in [9.17, 15) is 0 Å². The van der Waals surface area contributed by atoms with Gasteiger partial charge in [-0.3, -0.25) is 0 Å². The highest BCUT2D eigenvalue weighted by atomic mass is 32.1. The minimum atomic E-state index is 0.975. The van der Waals surface area contributed by atoms with Gasteiger partial charge in [-0.15, -0.1) is 11.3 Å². The van der Waals surface area contributed by atoms with Gasteiger partial charge in [0.2, 0.25) is 0 Å². The topological polar surface area (TPSA) is 17.3 Å². The minimum Gasteiger partial charge on any atom is -0.368 e. The second kappa shape index (κ2) is 4.07. The van der Waals surface area contributed by atoms with Gasteiger partial charge in [-0.25, -0.2) is 5.32 Å². The van der Waals surface area contributed by atoms with Crippen LogP contribution in [0.4, 0.5) is 5.69 Å². The smallest absolute Gasteiger partial charge is 0.0558 e. The summed E-state index contributed by atoms with van der Waals surface area (Å²) in [6.07, 6.45) is 0. The molecule has 83 valence electrons. The number of aryl methyl sites for hydroxylation is 1. The maximum Gasteiger partial charge on any atom is 0.0558 e. The van der Waals surface area contributed by atoms with Gasteiger partial charge in [0.1, 0.15) is 0 Å². The SMILES string of the molecule is Cc1cccc2scc(N3CC[N]CC3)c12. The molecule has 2 aromatic rings. The first-order valence-electron chi connectivity index (χ1n) is 5.71. The van der Waals surface area contributed by atoms with Crippen LogP contribution in [0.2, 0.25) is 0 Å². The molecular formula is C13H15N2S. The third kappa shape index (κ3) is 1.60. The van der Waals surface area contributed by atoms with Crippen LogP contribution in [-0.4, -0.2) is 26.2 Å². The average molecular weight is 231 g/mol. The van der Waals surface area contributed by atoms with E-state index in [1.54, 1.807) is 0 Å². The van der Waals surface area contributed by atoms with Gasteiger partial charge in [0.15, 0.2) is 0 Å². The van der Waals surface area contributed by atoms with Crippen LogP contribution in [0.25, 0.3) is 10.1 Å². The summed E-state index contributed by atoms with van der Waals surface area (Å²) in [5.74, 6) is 0. The van der Waals surface area contributed by atoms with Crippen molar-refractivity contribution >= 4 is 27.1 Å². The number of nitrogens with zero attached hydrogens (tertiary/aromatic N) is 2.